The first kappa shape index (κ1) is 21.4. The number of nitrogens with zero attached hydrogens (tertiary/aromatic N) is 3. The number of carbonyl (C=O) groups is 1. The second-order valence-corrected chi connectivity index (χ2v) is 7.97. The van der Waals surface area contributed by atoms with Crippen molar-refractivity contribution >= 4 is 23.1 Å². The van der Waals surface area contributed by atoms with Crippen molar-refractivity contribution in [2.75, 3.05) is 11.9 Å². The zero-order chi connectivity index (χ0) is 22.5. The highest BCUT2D eigenvalue weighted by molar-refractivity contribution is 7.18. The van der Waals surface area contributed by atoms with Gasteiger partial charge in [-0.05, 0) is 37.3 Å². The Kier molecular flexibility index (Phi) is 6.37. The highest BCUT2D eigenvalue weighted by Gasteiger charge is 2.13. The second kappa shape index (κ2) is 9.52. The normalized spacial score (nSPS) is 10.7. The molecule has 4 aromatic rings. The minimum absolute atomic E-state index is 0.195. The maximum Gasteiger partial charge on any atom is 0.319 e. The van der Waals surface area contributed by atoms with Crippen molar-refractivity contribution in [1.82, 2.24) is 20.1 Å². The van der Waals surface area contributed by atoms with Gasteiger partial charge in [-0.2, -0.15) is 5.10 Å². The van der Waals surface area contributed by atoms with Gasteiger partial charge < -0.3 is 10.6 Å². The molecule has 0 saturated carbocycles. The molecule has 2 aromatic heterocycles. The minimum atomic E-state index is -0.452. The predicted molar refractivity (Wildman–Crippen MR) is 123 cm³/mol. The lowest BCUT2D eigenvalue weighted by Crippen LogP contribution is -2.34. The van der Waals surface area contributed by atoms with Gasteiger partial charge in [0.05, 0.1) is 17.1 Å². The summed E-state index contributed by atoms with van der Waals surface area (Å²) in [4.78, 5) is 29.8. The van der Waals surface area contributed by atoms with E-state index in [1.165, 1.54) is 46.4 Å². The number of urea groups is 1. The smallest absolute Gasteiger partial charge is 0.319 e. The Morgan fingerprint density at radius 1 is 1.06 bits per heavy atom. The average molecular weight is 450 g/mol. The van der Waals surface area contributed by atoms with E-state index in [0.29, 0.717) is 11.4 Å². The Morgan fingerprint density at radius 2 is 1.81 bits per heavy atom. The predicted octanol–water partition coefficient (Wildman–Crippen LogP) is 4.30. The summed E-state index contributed by atoms with van der Waals surface area (Å²) in [6, 6.07) is 18.0. The molecule has 2 amide bonds. The van der Waals surface area contributed by atoms with E-state index in [4.69, 9.17) is 0 Å². The van der Waals surface area contributed by atoms with Crippen LogP contribution in [0.2, 0.25) is 0 Å². The number of anilines is 1. The van der Waals surface area contributed by atoms with E-state index in [0.717, 1.165) is 21.1 Å². The molecule has 0 bridgehead atoms. The van der Waals surface area contributed by atoms with Gasteiger partial charge in [0.15, 0.2) is 0 Å². The lowest BCUT2D eigenvalue weighted by Gasteiger charge is -2.09. The van der Waals surface area contributed by atoms with Crippen LogP contribution in [0.25, 0.3) is 21.1 Å². The molecule has 0 aliphatic heterocycles. The van der Waals surface area contributed by atoms with Gasteiger partial charge in [-0.1, -0.05) is 30.3 Å². The van der Waals surface area contributed by atoms with E-state index in [1.54, 1.807) is 6.07 Å². The van der Waals surface area contributed by atoms with Gasteiger partial charge in [-0.3, -0.25) is 4.79 Å². The van der Waals surface area contributed by atoms with Gasteiger partial charge in [0.1, 0.15) is 16.5 Å². The molecule has 2 heterocycles. The monoisotopic (exact) mass is 449 g/mol. The van der Waals surface area contributed by atoms with Gasteiger partial charge in [0, 0.05) is 23.9 Å². The van der Waals surface area contributed by atoms with Gasteiger partial charge in [-0.15, -0.1) is 11.3 Å². The first-order valence-corrected chi connectivity index (χ1v) is 10.7. The van der Waals surface area contributed by atoms with E-state index in [1.807, 2.05) is 37.3 Å². The quantitative estimate of drug-likeness (QED) is 0.459. The van der Waals surface area contributed by atoms with E-state index in [9.17, 15) is 14.0 Å². The zero-order valence-electron chi connectivity index (χ0n) is 17.2. The van der Waals surface area contributed by atoms with E-state index in [-0.39, 0.29) is 24.5 Å². The molecule has 0 aliphatic rings. The van der Waals surface area contributed by atoms with Crippen molar-refractivity contribution in [3.8, 4) is 21.1 Å². The van der Waals surface area contributed by atoms with Crippen LogP contribution in [-0.2, 0) is 6.54 Å². The molecule has 0 aliphatic carbocycles. The molecule has 2 aromatic carbocycles. The van der Waals surface area contributed by atoms with Crippen molar-refractivity contribution in [2.24, 2.45) is 0 Å². The van der Waals surface area contributed by atoms with Crippen molar-refractivity contribution in [1.29, 1.82) is 0 Å². The Labute approximate surface area is 187 Å². The van der Waals surface area contributed by atoms with Gasteiger partial charge >= 0.3 is 6.03 Å². The number of benzene rings is 2. The average Bonchev–Trinajstić information content (AvgIpc) is 3.19. The topological polar surface area (TPSA) is 88.9 Å². The Bertz CT molecular complexity index is 1290. The SMILES string of the molecule is Cc1nc(-c2ccccc2)sc1-c1ccc(=O)n(CCNC(=O)Nc2ccc(F)cc2)n1. The lowest BCUT2D eigenvalue weighted by molar-refractivity contribution is 0.251. The third kappa shape index (κ3) is 5.06. The fraction of sp³-hybridized carbons (Fsp3) is 0.130. The summed E-state index contributed by atoms with van der Waals surface area (Å²) in [5, 5.41) is 10.6. The fourth-order valence-corrected chi connectivity index (χ4v) is 4.09. The van der Waals surface area contributed by atoms with Crippen molar-refractivity contribution < 1.29 is 9.18 Å². The minimum Gasteiger partial charge on any atom is -0.336 e. The number of rotatable bonds is 6. The Balaban J connectivity index is 1.43. The summed E-state index contributed by atoms with van der Waals surface area (Å²) in [7, 11) is 0. The van der Waals surface area contributed by atoms with E-state index >= 15 is 0 Å². The Hall–Kier alpha value is -3.85. The maximum absolute atomic E-state index is 12.9. The number of hydrogen-bond donors (Lipinski definition) is 2. The number of amides is 2. The molecular formula is C23H20FN5O2S. The Morgan fingerprint density at radius 3 is 2.56 bits per heavy atom. The zero-order valence-corrected chi connectivity index (χ0v) is 18.0. The summed E-state index contributed by atoms with van der Waals surface area (Å²) in [6.45, 7) is 2.31. The maximum atomic E-state index is 12.9. The lowest BCUT2D eigenvalue weighted by atomic mass is 10.2. The van der Waals surface area contributed by atoms with Crippen LogP contribution in [0.3, 0.4) is 0 Å². The van der Waals surface area contributed by atoms with Crippen molar-refractivity contribution in [3.63, 3.8) is 0 Å². The molecule has 4 rings (SSSR count). The molecule has 0 unspecified atom stereocenters. The fourth-order valence-electron chi connectivity index (χ4n) is 3.05. The highest BCUT2D eigenvalue weighted by Crippen LogP contribution is 2.33. The van der Waals surface area contributed by atoms with E-state index in [2.05, 4.69) is 20.7 Å². The number of hydrogen-bond acceptors (Lipinski definition) is 5. The molecule has 7 nitrogen and oxygen atoms in total. The molecule has 9 heteroatoms. The summed E-state index contributed by atoms with van der Waals surface area (Å²) in [5.74, 6) is -0.381. The molecule has 2 N–H and O–H groups in total. The number of thiazole rings is 1. The summed E-state index contributed by atoms with van der Waals surface area (Å²) >= 11 is 1.52. The first-order chi connectivity index (χ1) is 15.5. The van der Waals surface area contributed by atoms with Crippen LogP contribution in [0.5, 0.6) is 0 Å². The van der Waals surface area contributed by atoms with Crippen LogP contribution in [0.1, 0.15) is 5.69 Å². The third-order valence-corrected chi connectivity index (χ3v) is 5.86. The molecular weight excluding hydrogens is 429 g/mol. The molecule has 162 valence electrons. The van der Waals surface area contributed by atoms with Crippen LogP contribution in [0, 0.1) is 12.7 Å². The summed E-state index contributed by atoms with van der Waals surface area (Å²) < 4.78 is 14.3. The van der Waals surface area contributed by atoms with Crippen LogP contribution < -0.4 is 16.2 Å². The number of halogens is 1. The molecule has 0 radical (unpaired) electrons. The molecule has 0 spiro atoms. The highest BCUT2D eigenvalue weighted by atomic mass is 32.1. The molecule has 0 atom stereocenters. The van der Waals surface area contributed by atoms with E-state index < -0.39 is 6.03 Å². The number of nitrogens with one attached hydrogen (secondary N) is 2. The standard InChI is InChI=1S/C23H20FN5O2S/c1-15-21(32-22(26-15)16-5-3-2-4-6-16)19-11-12-20(30)29(28-19)14-13-25-23(31)27-18-9-7-17(24)8-10-18/h2-12H,13-14H2,1H3,(H2,25,27,31). The number of aryl methyl sites for hydroxylation is 1. The first-order valence-electron chi connectivity index (χ1n) is 9.91. The van der Waals surface area contributed by atoms with Gasteiger partial charge in [-0.25, -0.2) is 18.9 Å². The van der Waals surface area contributed by atoms with Crippen LogP contribution in [0.4, 0.5) is 14.9 Å². The van der Waals surface area contributed by atoms with Crippen LogP contribution in [-0.4, -0.2) is 27.3 Å². The third-order valence-electron chi connectivity index (χ3n) is 4.63. The van der Waals surface area contributed by atoms with Crippen LogP contribution >= 0.6 is 11.3 Å². The molecule has 0 saturated heterocycles. The number of carbonyl (C=O) groups excluding carboxylic acids is 1. The van der Waals surface area contributed by atoms with Crippen molar-refractivity contribution in [2.45, 2.75) is 13.5 Å². The summed E-state index contributed by atoms with van der Waals surface area (Å²) in [5.41, 5.74) is 2.72. The second-order valence-electron chi connectivity index (χ2n) is 6.97. The van der Waals surface area contributed by atoms with Gasteiger partial charge in [0.2, 0.25) is 0 Å². The summed E-state index contributed by atoms with van der Waals surface area (Å²) in [6.07, 6.45) is 0. The molecule has 32 heavy (non-hydrogen) atoms. The molecule has 0 fully saturated rings. The number of aromatic nitrogens is 3. The van der Waals surface area contributed by atoms with Crippen molar-refractivity contribution in [3.05, 3.63) is 88.6 Å². The van der Waals surface area contributed by atoms with Gasteiger partial charge in [0.25, 0.3) is 5.56 Å². The van der Waals surface area contributed by atoms with Crippen LogP contribution in [0.15, 0.2) is 71.5 Å². The largest absolute Gasteiger partial charge is 0.336 e.